The van der Waals surface area contributed by atoms with Crippen molar-refractivity contribution in [2.75, 3.05) is 12.4 Å². The Kier molecular flexibility index (Phi) is 4.81. The molecule has 0 saturated heterocycles. The van der Waals surface area contributed by atoms with Gasteiger partial charge in [0.2, 0.25) is 0 Å². The van der Waals surface area contributed by atoms with Crippen LogP contribution in [0.5, 0.6) is 5.75 Å². The van der Waals surface area contributed by atoms with Crippen molar-refractivity contribution in [1.29, 1.82) is 0 Å². The van der Waals surface area contributed by atoms with Crippen LogP contribution in [0, 0.1) is 5.82 Å². The van der Waals surface area contributed by atoms with Crippen LogP contribution in [0.15, 0.2) is 40.6 Å². The maximum absolute atomic E-state index is 13.3. The van der Waals surface area contributed by atoms with Gasteiger partial charge in [0.05, 0.1) is 6.61 Å². The molecule has 0 unspecified atom stereocenters. The first-order valence-corrected chi connectivity index (χ1v) is 7.35. The van der Waals surface area contributed by atoms with Gasteiger partial charge < -0.3 is 9.84 Å². The number of halogens is 1. The molecule has 6 heteroatoms. The van der Waals surface area contributed by atoms with Gasteiger partial charge in [-0.25, -0.2) is 9.18 Å². The van der Waals surface area contributed by atoms with Crippen LogP contribution in [0.25, 0.3) is 0 Å². The molecule has 0 aliphatic heterocycles. The number of hydrogen-bond acceptors (Lipinski definition) is 4. The van der Waals surface area contributed by atoms with Crippen LogP contribution < -0.4 is 4.74 Å². The molecular weight excluding hydrogens is 287 g/mol. The Morgan fingerprint density at radius 2 is 2.21 bits per heavy atom. The third kappa shape index (κ3) is 3.97. The molecule has 0 aliphatic carbocycles. The van der Waals surface area contributed by atoms with Crippen molar-refractivity contribution in [2.24, 2.45) is 0 Å². The van der Waals surface area contributed by atoms with Gasteiger partial charge in [-0.3, -0.25) is 0 Å². The van der Waals surface area contributed by atoms with Crippen LogP contribution in [0.2, 0.25) is 0 Å². The molecule has 0 fully saturated rings. The monoisotopic (exact) mass is 298 g/mol. The Morgan fingerprint density at radius 3 is 2.89 bits per heavy atom. The summed E-state index contributed by atoms with van der Waals surface area (Å²) >= 11 is 2.49. The maximum atomic E-state index is 13.3. The lowest BCUT2D eigenvalue weighted by molar-refractivity contribution is 0.0702. The summed E-state index contributed by atoms with van der Waals surface area (Å²) in [5.74, 6) is -0.0626. The molecule has 1 heterocycles. The normalized spacial score (nSPS) is 10.4. The second-order valence-electron chi connectivity index (χ2n) is 3.58. The zero-order chi connectivity index (χ0) is 13.7. The molecule has 2 rings (SSSR count). The summed E-state index contributed by atoms with van der Waals surface area (Å²) in [5.41, 5.74) is 0. The molecule has 1 aromatic heterocycles. The van der Waals surface area contributed by atoms with Gasteiger partial charge in [-0.1, -0.05) is 12.1 Å². The van der Waals surface area contributed by atoms with E-state index in [2.05, 4.69) is 0 Å². The van der Waals surface area contributed by atoms with E-state index in [1.807, 2.05) is 0 Å². The molecule has 1 N–H and O–H groups in total. The molecule has 0 atom stereocenters. The minimum Gasteiger partial charge on any atom is -0.492 e. The highest BCUT2D eigenvalue weighted by molar-refractivity contribution is 7.99. The number of carboxylic acids is 1. The van der Waals surface area contributed by atoms with E-state index in [1.54, 1.807) is 23.6 Å². The molecule has 0 bridgehead atoms. The molecule has 2 aromatic rings. The van der Waals surface area contributed by atoms with Crippen molar-refractivity contribution in [3.8, 4) is 5.75 Å². The van der Waals surface area contributed by atoms with E-state index < -0.39 is 5.97 Å². The van der Waals surface area contributed by atoms with E-state index in [9.17, 15) is 9.18 Å². The Balaban J connectivity index is 1.77. The Morgan fingerprint density at radius 1 is 1.42 bits per heavy atom. The molecule has 100 valence electrons. The summed E-state index contributed by atoms with van der Waals surface area (Å²) in [7, 11) is 0. The predicted molar refractivity (Wildman–Crippen MR) is 73.9 cm³/mol. The number of thioether (sulfide) groups is 1. The summed E-state index contributed by atoms with van der Waals surface area (Å²) in [6.45, 7) is 0.398. The van der Waals surface area contributed by atoms with E-state index in [0.29, 0.717) is 23.0 Å². The fraction of sp³-hybridized carbons (Fsp3) is 0.154. The first kappa shape index (κ1) is 13.9. The van der Waals surface area contributed by atoms with Crippen LogP contribution in [-0.2, 0) is 0 Å². The Bertz CT molecular complexity index is 569. The van der Waals surface area contributed by atoms with Crippen LogP contribution in [0.4, 0.5) is 4.39 Å². The van der Waals surface area contributed by atoms with Gasteiger partial charge in [-0.2, -0.15) is 0 Å². The molecule has 0 radical (unpaired) electrons. The summed E-state index contributed by atoms with van der Waals surface area (Å²) in [4.78, 5) is 11.5. The Labute approximate surface area is 118 Å². The average Bonchev–Trinajstić information content (AvgIpc) is 2.85. The average molecular weight is 298 g/mol. The third-order valence-corrected chi connectivity index (χ3v) is 4.14. The summed E-state index contributed by atoms with van der Waals surface area (Å²) < 4.78 is 18.7. The molecule has 0 amide bonds. The fourth-order valence-corrected chi connectivity index (χ4v) is 2.81. The van der Waals surface area contributed by atoms with Gasteiger partial charge in [0, 0.05) is 22.1 Å². The van der Waals surface area contributed by atoms with Gasteiger partial charge in [0.15, 0.2) is 0 Å². The van der Waals surface area contributed by atoms with Gasteiger partial charge in [0.1, 0.15) is 16.4 Å². The summed E-state index contributed by atoms with van der Waals surface area (Å²) in [6.07, 6.45) is 0. The number of carbonyl (C=O) groups is 1. The number of rotatable bonds is 6. The lowest BCUT2D eigenvalue weighted by atomic mass is 10.3. The summed E-state index contributed by atoms with van der Waals surface area (Å²) in [6, 6.07) is 8.05. The van der Waals surface area contributed by atoms with Gasteiger partial charge in [-0.15, -0.1) is 23.1 Å². The van der Waals surface area contributed by atoms with Crippen LogP contribution in [0.1, 0.15) is 9.67 Å². The number of thiophene rings is 1. The third-order valence-electron chi connectivity index (χ3n) is 2.23. The number of carboxylic acid groups (broad SMARTS) is 1. The van der Waals surface area contributed by atoms with Crippen LogP contribution in [-0.4, -0.2) is 23.4 Å². The maximum Gasteiger partial charge on any atom is 0.346 e. The van der Waals surface area contributed by atoms with Crippen molar-refractivity contribution in [3.05, 3.63) is 46.4 Å². The zero-order valence-corrected chi connectivity index (χ0v) is 11.5. The molecule has 1 aromatic carbocycles. The largest absolute Gasteiger partial charge is 0.492 e. The topological polar surface area (TPSA) is 46.5 Å². The highest BCUT2D eigenvalue weighted by Crippen LogP contribution is 2.23. The molecule has 0 saturated carbocycles. The highest BCUT2D eigenvalue weighted by Gasteiger charge is 2.07. The van der Waals surface area contributed by atoms with E-state index in [4.69, 9.17) is 9.84 Å². The second kappa shape index (κ2) is 6.58. The number of hydrogen-bond donors (Lipinski definition) is 1. The lowest BCUT2D eigenvalue weighted by Gasteiger charge is -2.04. The number of benzene rings is 1. The minimum absolute atomic E-state index is 0.240. The van der Waals surface area contributed by atoms with E-state index in [1.165, 1.54) is 23.9 Å². The van der Waals surface area contributed by atoms with Gasteiger partial charge in [-0.05, 0) is 12.1 Å². The van der Waals surface area contributed by atoms with Crippen LogP contribution >= 0.6 is 23.1 Å². The second-order valence-corrected chi connectivity index (χ2v) is 5.63. The smallest absolute Gasteiger partial charge is 0.346 e. The number of ether oxygens (including phenoxy) is 1. The van der Waals surface area contributed by atoms with Crippen molar-refractivity contribution in [1.82, 2.24) is 0 Å². The van der Waals surface area contributed by atoms with E-state index in [0.717, 1.165) is 11.3 Å². The molecule has 3 nitrogen and oxygen atoms in total. The fourth-order valence-electron chi connectivity index (χ4n) is 1.38. The standard InChI is InChI=1S/C13H11FO3S2/c14-10-3-1-2-4-11(10)18-6-5-17-9-7-12(13(15)16)19-8-9/h1-4,7-8H,5-6H2,(H,15,16). The van der Waals surface area contributed by atoms with E-state index >= 15 is 0 Å². The first-order valence-electron chi connectivity index (χ1n) is 5.49. The number of aromatic carboxylic acids is 1. The van der Waals surface area contributed by atoms with Crippen molar-refractivity contribution >= 4 is 29.1 Å². The van der Waals surface area contributed by atoms with Crippen molar-refractivity contribution in [3.63, 3.8) is 0 Å². The van der Waals surface area contributed by atoms with Crippen molar-refractivity contribution in [2.45, 2.75) is 4.90 Å². The first-order chi connectivity index (χ1) is 9.16. The lowest BCUT2D eigenvalue weighted by Crippen LogP contribution is -1.99. The zero-order valence-electron chi connectivity index (χ0n) is 9.84. The molecular formula is C13H11FO3S2. The molecule has 0 spiro atoms. The van der Waals surface area contributed by atoms with Gasteiger partial charge in [0.25, 0.3) is 0 Å². The molecule has 19 heavy (non-hydrogen) atoms. The Hall–Kier alpha value is -1.53. The molecule has 0 aliphatic rings. The summed E-state index contributed by atoms with van der Waals surface area (Å²) in [5, 5.41) is 10.4. The van der Waals surface area contributed by atoms with E-state index in [-0.39, 0.29) is 10.7 Å². The predicted octanol–water partition coefficient (Wildman–Crippen LogP) is 3.76. The van der Waals surface area contributed by atoms with Crippen molar-refractivity contribution < 1.29 is 19.0 Å². The van der Waals surface area contributed by atoms with Gasteiger partial charge >= 0.3 is 5.97 Å². The highest BCUT2D eigenvalue weighted by atomic mass is 32.2. The quantitative estimate of drug-likeness (QED) is 0.651. The van der Waals surface area contributed by atoms with Crippen LogP contribution in [0.3, 0.4) is 0 Å². The minimum atomic E-state index is -0.958. The SMILES string of the molecule is O=C(O)c1cc(OCCSc2ccccc2F)cs1.